The van der Waals surface area contributed by atoms with Crippen molar-refractivity contribution in [2.45, 2.75) is 0 Å². The third-order valence-corrected chi connectivity index (χ3v) is 0. The van der Waals surface area contributed by atoms with Crippen LogP contribution in [-0.2, 0) is 45.2 Å². The minimum Gasteiger partial charge on any atom is 0 e. The molecular formula is H3InO2TiZn. The molecule has 0 saturated carbocycles. The van der Waals surface area contributed by atoms with Crippen LogP contribution >= 0.6 is 0 Å². The van der Waals surface area contributed by atoms with Crippen molar-refractivity contribution in [3.63, 3.8) is 0 Å². The average Bonchev–Trinajstić information content (AvgIpc) is 0.918. The van der Waals surface area contributed by atoms with Gasteiger partial charge in [0.2, 0.25) is 0 Å². The molecule has 0 saturated heterocycles. The minimum atomic E-state index is -2.00. The second-order valence-electron chi connectivity index (χ2n) is 0.0833. The first kappa shape index (κ1) is 15.8. The second-order valence-corrected chi connectivity index (χ2v) is 0.344. The van der Waals surface area contributed by atoms with Gasteiger partial charge in [0.25, 0.3) is 0 Å². The summed E-state index contributed by atoms with van der Waals surface area (Å²) in [6.07, 6.45) is 0. The van der Waals surface area contributed by atoms with Crippen LogP contribution in [0.1, 0.15) is 0 Å². The van der Waals surface area contributed by atoms with Gasteiger partial charge in [-0.25, -0.2) is 0 Å². The molecule has 0 unspecified atom stereocenters. The molecule has 0 N–H and O–H groups in total. The Labute approximate surface area is 70.2 Å². The zero-order valence-electron chi connectivity index (χ0n) is 2.02. The van der Waals surface area contributed by atoms with Crippen LogP contribution in [0.3, 0.4) is 0 Å². The van der Waals surface area contributed by atoms with Gasteiger partial charge in [-0.3, -0.25) is 0 Å². The Morgan fingerprint density at radius 3 is 1.20 bits per heavy atom. The van der Waals surface area contributed by atoms with E-state index in [-0.39, 0.29) is 45.3 Å². The van der Waals surface area contributed by atoms with Crippen LogP contribution in [0.25, 0.3) is 0 Å². The van der Waals surface area contributed by atoms with E-state index in [4.69, 9.17) is 6.65 Å². The molecule has 2 nitrogen and oxygen atoms in total. The predicted molar refractivity (Wildman–Crippen MR) is 11.3 cm³/mol. The van der Waals surface area contributed by atoms with Gasteiger partial charge in [-0.2, -0.15) is 0 Å². The normalized spacial score (nSPS) is 1.60. The van der Waals surface area contributed by atoms with Gasteiger partial charge in [-0.05, 0) is 0 Å². The van der Waals surface area contributed by atoms with Gasteiger partial charge >= 0.3 is 51.6 Å². The van der Waals surface area contributed by atoms with E-state index in [0.29, 0.717) is 0 Å². The van der Waals surface area contributed by atoms with Crippen molar-refractivity contribution in [3.05, 3.63) is 0 Å². The van der Waals surface area contributed by atoms with E-state index in [1.807, 2.05) is 0 Å². The fourth-order valence-corrected chi connectivity index (χ4v) is 0. The molecule has 0 aromatic heterocycles. The molecule has 24 valence electrons. The van der Waals surface area contributed by atoms with E-state index in [1.54, 1.807) is 0 Å². The Balaban J connectivity index is -0.0000000200. The van der Waals surface area contributed by atoms with Crippen LogP contribution in [-0.4, -0.2) is 25.8 Å². The first-order valence-electron chi connectivity index (χ1n) is 0.408. The van der Waals surface area contributed by atoms with Gasteiger partial charge < -0.3 is 0 Å². The number of hydrogen-bond acceptors (Lipinski definition) is 2. The molecular weight excluding hydrogens is 260 g/mol. The Morgan fingerprint density at radius 1 is 1.20 bits per heavy atom. The molecule has 0 aliphatic rings. The van der Waals surface area contributed by atoms with Crippen molar-refractivity contribution >= 4 is 25.8 Å². The van der Waals surface area contributed by atoms with Gasteiger partial charge in [0.15, 0.2) is 0 Å². The maximum absolute atomic E-state index is 8.50. The first-order valence-corrected chi connectivity index (χ1v) is 1.68. The minimum absolute atomic E-state index is 0. The van der Waals surface area contributed by atoms with E-state index >= 15 is 0 Å². The Kier molecular flexibility index (Phi) is 53.9. The van der Waals surface area contributed by atoms with Crippen molar-refractivity contribution in [1.82, 2.24) is 0 Å². The van der Waals surface area contributed by atoms with E-state index in [1.165, 1.54) is 0 Å². The quantitative estimate of drug-likeness (QED) is 0.502. The van der Waals surface area contributed by atoms with E-state index in [9.17, 15) is 0 Å². The standard InChI is InChI=1S/In.2O.Ti.Zn.3H. The van der Waals surface area contributed by atoms with Crippen LogP contribution in [0.4, 0.5) is 0 Å². The van der Waals surface area contributed by atoms with Gasteiger partial charge in [-0.15, -0.1) is 0 Å². The van der Waals surface area contributed by atoms with Crippen molar-refractivity contribution in [2.24, 2.45) is 0 Å². The molecule has 5 heteroatoms. The van der Waals surface area contributed by atoms with Gasteiger partial charge in [0.1, 0.15) is 0 Å². The molecule has 0 rings (SSSR count). The Hall–Kier alpha value is 1.81. The molecule has 0 aromatic carbocycles. The molecule has 0 radical (unpaired) electrons. The molecule has 5 heavy (non-hydrogen) atoms. The zero-order chi connectivity index (χ0) is 2.71. The fourth-order valence-electron chi connectivity index (χ4n) is 0. The maximum Gasteiger partial charge on any atom is 0 e. The van der Waals surface area contributed by atoms with Crippen molar-refractivity contribution < 1.29 is 45.2 Å². The van der Waals surface area contributed by atoms with E-state index in [2.05, 4.69) is 0 Å². The monoisotopic (exact) mass is 262 g/mol. The summed E-state index contributed by atoms with van der Waals surface area (Å²) in [4.78, 5) is 0. The first-order chi connectivity index (χ1) is 1.41. The number of hydrogen-bond donors (Lipinski definition) is 0. The van der Waals surface area contributed by atoms with Crippen LogP contribution in [0.5, 0.6) is 0 Å². The van der Waals surface area contributed by atoms with Crippen LogP contribution in [0.2, 0.25) is 0 Å². The molecule has 0 aromatic rings. The molecule has 0 atom stereocenters. The van der Waals surface area contributed by atoms with Crippen LogP contribution in [0.15, 0.2) is 0 Å². The third kappa shape index (κ3) is 25.8. The summed E-state index contributed by atoms with van der Waals surface area (Å²) in [7, 11) is 0. The third-order valence-electron chi connectivity index (χ3n) is 0. The zero-order valence-corrected chi connectivity index (χ0v) is 6.55. The van der Waals surface area contributed by atoms with Crippen molar-refractivity contribution in [3.8, 4) is 0 Å². The SMILES string of the molecule is [InH3].[O]=[Ti]=[O].[Zn]. The molecule has 0 heterocycles. The molecule has 0 aliphatic heterocycles. The average molecular weight is 263 g/mol. The fraction of sp³-hybridized carbons (Fsp3) is 0. The molecule has 0 aliphatic carbocycles. The van der Waals surface area contributed by atoms with Crippen molar-refractivity contribution in [2.75, 3.05) is 0 Å². The molecule has 0 amide bonds. The van der Waals surface area contributed by atoms with E-state index in [0.717, 1.165) is 0 Å². The summed E-state index contributed by atoms with van der Waals surface area (Å²) in [5.74, 6) is 0. The summed E-state index contributed by atoms with van der Waals surface area (Å²) in [6, 6.07) is 0. The second kappa shape index (κ2) is 17.0. The van der Waals surface area contributed by atoms with E-state index < -0.39 is 19.1 Å². The summed E-state index contributed by atoms with van der Waals surface area (Å²) in [5, 5.41) is 0. The van der Waals surface area contributed by atoms with Gasteiger partial charge in [0, 0.05) is 19.5 Å². The Bertz CT molecular complexity index is 30.6. The summed E-state index contributed by atoms with van der Waals surface area (Å²) in [6.45, 7) is 0. The Morgan fingerprint density at radius 2 is 1.20 bits per heavy atom. The smallest absolute Gasteiger partial charge is 0 e. The van der Waals surface area contributed by atoms with Gasteiger partial charge in [0.05, 0.1) is 0 Å². The molecule has 0 spiro atoms. The largest absolute Gasteiger partial charge is 0 e. The molecule has 0 bridgehead atoms. The molecule has 0 fully saturated rings. The van der Waals surface area contributed by atoms with Crippen molar-refractivity contribution in [1.29, 1.82) is 0 Å². The topological polar surface area (TPSA) is 34.1 Å². The van der Waals surface area contributed by atoms with Crippen LogP contribution in [0, 0.1) is 0 Å². The van der Waals surface area contributed by atoms with Crippen LogP contribution < -0.4 is 0 Å². The number of rotatable bonds is 0. The summed E-state index contributed by atoms with van der Waals surface area (Å²) < 4.78 is 17.0. The summed E-state index contributed by atoms with van der Waals surface area (Å²) in [5.41, 5.74) is 0. The summed E-state index contributed by atoms with van der Waals surface area (Å²) >= 11 is -2.00. The van der Waals surface area contributed by atoms with Gasteiger partial charge in [-0.1, -0.05) is 0 Å². The maximum atomic E-state index is 8.50. The predicted octanol–water partition coefficient (Wildman–Crippen LogP) is -1.43.